The standard InChI is InChI=1S/C19H17N5/c1-20-15-8-4-3-7-14(15)18-22-23-19-17-13(10-11-24(18)19)12-6-2-5-9-16(12)21-17/h2-9,20-21H,10-11H2,1H3. The summed E-state index contributed by atoms with van der Waals surface area (Å²) >= 11 is 0. The number of para-hydroxylation sites is 2. The molecular weight excluding hydrogens is 298 g/mol. The minimum atomic E-state index is 0.893. The van der Waals surface area contributed by atoms with Crippen LogP contribution in [0.3, 0.4) is 0 Å². The number of nitrogens with zero attached hydrogens (tertiary/aromatic N) is 3. The topological polar surface area (TPSA) is 58.5 Å². The van der Waals surface area contributed by atoms with E-state index in [9.17, 15) is 0 Å². The number of hydrogen-bond donors (Lipinski definition) is 2. The van der Waals surface area contributed by atoms with Crippen LogP contribution in [0.1, 0.15) is 5.56 Å². The number of aromatic amines is 1. The van der Waals surface area contributed by atoms with Crippen molar-refractivity contribution < 1.29 is 0 Å². The van der Waals surface area contributed by atoms with Crippen molar-refractivity contribution in [3.8, 4) is 22.9 Å². The van der Waals surface area contributed by atoms with Crippen molar-refractivity contribution in [2.75, 3.05) is 12.4 Å². The van der Waals surface area contributed by atoms with Crippen LogP contribution in [-0.4, -0.2) is 26.8 Å². The molecule has 2 N–H and O–H groups in total. The Labute approximate surface area is 139 Å². The van der Waals surface area contributed by atoms with Gasteiger partial charge in [0.15, 0.2) is 11.6 Å². The van der Waals surface area contributed by atoms with E-state index < -0.39 is 0 Å². The van der Waals surface area contributed by atoms with Crippen molar-refractivity contribution in [2.45, 2.75) is 13.0 Å². The largest absolute Gasteiger partial charge is 0.388 e. The maximum Gasteiger partial charge on any atom is 0.181 e. The summed E-state index contributed by atoms with van der Waals surface area (Å²) in [4.78, 5) is 3.53. The Kier molecular flexibility index (Phi) is 2.76. The fourth-order valence-corrected chi connectivity index (χ4v) is 3.67. The fourth-order valence-electron chi connectivity index (χ4n) is 3.67. The van der Waals surface area contributed by atoms with Crippen molar-refractivity contribution >= 4 is 16.6 Å². The number of hydrogen-bond acceptors (Lipinski definition) is 3. The summed E-state index contributed by atoms with van der Waals surface area (Å²) in [6.45, 7) is 0.893. The van der Waals surface area contributed by atoms with Crippen LogP contribution in [0.25, 0.3) is 33.8 Å². The molecule has 2 aromatic heterocycles. The molecule has 0 bridgehead atoms. The van der Waals surface area contributed by atoms with Gasteiger partial charge in [-0.3, -0.25) is 0 Å². The molecule has 24 heavy (non-hydrogen) atoms. The molecule has 0 aliphatic carbocycles. The van der Waals surface area contributed by atoms with E-state index in [2.05, 4.69) is 61.5 Å². The molecular formula is C19H17N5. The molecule has 0 saturated carbocycles. The zero-order valence-electron chi connectivity index (χ0n) is 13.4. The van der Waals surface area contributed by atoms with Gasteiger partial charge in [0, 0.05) is 35.7 Å². The van der Waals surface area contributed by atoms with Gasteiger partial charge in [0.05, 0.1) is 5.69 Å². The summed E-state index contributed by atoms with van der Waals surface area (Å²) in [7, 11) is 1.93. The zero-order chi connectivity index (χ0) is 16.1. The Morgan fingerprint density at radius 2 is 1.79 bits per heavy atom. The second-order valence-electron chi connectivity index (χ2n) is 6.07. The van der Waals surface area contributed by atoms with Gasteiger partial charge in [0.25, 0.3) is 0 Å². The van der Waals surface area contributed by atoms with Gasteiger partial charge in [-0.15, -0.1) is 10.2 Å². The van der Waals surface area contributed by atoms with Crippen molar-refractivity contribution in [3.63, 3.8) is 0 Å². The number of nitrogens with one attached hydrogen (secondary N) is 2. The molecule has 3 heterocycles. The Hall–Kier alpha value is -3.08. The second-order valence-corrected chi connectivity index (χ2v) is 6.07. The molecule has 1 aliphatic rings. The van der Waals surface area contributed by atoms with E-state index in [1.807, 2.05) is 19.2 Å². The summed E-state index contributed by atoms with van der Waals surface area (Å²) < 4.78 is 2.22. The van der Waals surface area contributed by atoms with Gasteiger partial charge in [0.2, 0.25) is 0 Å². The van der Waals surface area contributed by atoms with Crippen molar-refractivity contribution in [1.29, 1.82) is 0 Å². The molecule has 0 atom stereocenters. The first-order valence-electron chi connectivity index (χ1n) is 8.17. The third kappa shape index (κ3) is 1.75. The number of H-pyrrole nitrogens is 1. The number of aryl methyl sites for hydroxylation is 1. The number of rotatable bonds is 2. The summed E-state index contributed by atoms with van der Waals surface area (Å²) in [5, 5.41) is 13.5. The predicted molar refractivity (Wildman–Crippen MR) is 96.0 cm³/mol. The van der Waals surface area contributed by atoms with E-state index in [4.69, 9.17) is 0 Å². The Bertz CT molecular complexity index is 1060. The third-order valence-corrected chi connectivity index (χ3v) is 4.81. The van der Waals surface area contributed by atoms with Crippen LogP contribution in [0.5, 0.6) is 0 Å². The first-order valence-corrected chi connectivity index (χ1v) is 8.17. The highest BCUT2D eigenvalue weighted by Crippen LogP contribution is 2.36. The monoisotopic (exact) mass is 315 g/mol. The Balaban J connectivity index is 1.73. The van der Waals surface area contributed by atoms with Crippen LogP contribution < -0.4 is 5.32 Å². The van der Waals surface area contributed by atoms with Crippen molar-refractivity contribution in [1.82, 2.24) is 19.7 Å². The minimum Gasteiger partial charge on any atom is -0.388 e. The predicted octanol–water partition coefficient (Wildman–Crippen LogP) is 3.69. The smallest absolute Gasteiger partial charge is 0.181 e. The van der Waals surface area contributed by atoms with Crippen molar-refractivity contribution in [2.24, 2.45) is 0 Å². The van der Waals surface area contributed by atoms with Gasteiger partial charge in [-0.1, -0.05) is 30.3 Å². The number of fused-ring (bicyclic) bond motifs is 5. The summed E-state index contributed by atoms with van der Waals surface area (Å²) in [6.07, 6.45) is 0.985. The normalized spacial score (nSPS) is 12.9. The number of benzene rings is 2. The fraction of sp³-hybridized carbons (Fsp3) is 0.158. The highest BCUT2D eigenvalue weighted by molar-refractivity contribution is 5.90. The zero-order valence-corrected chi connectivity index (χ0v) is 13.4. The third-order valence-electron chi connectivity index (χ3n) is 4.81. The summed E-state index contributed by atoms with van der Waals surface area (Å²) in [6, 6.07) is 16.7. The van der Waals surface area contributed by atoms with Crippen LogP contribution in [0, 0.1) is 0 Å². The second kappa shape index (κ2) is 4.96. The lowest BCUT2D eigenvalue weighted by atomic mass is 10.0. The minimum absolute atomic E-state index is 0.893. The molecule has 5 rings (SSSR count). The number of aromatic nitrogens is 4. The SMILES string of the molecule is CNc1ccccc1-c1nnc2n1CCc1c-2[nH]c2ccccc12. The molecule has 0 unspecified atom stereocenters. The Morgan fingerprint density at radius 1 is 1.00 bits per heavy atom. The lowest BCUT2D eigenvalue weighted by molar-refractivity contribution is 0.689. The van der Waals surface area contributed by atoms with Crippen molar-refractivity contribution in [3.05, 3.63) is 54.1 Å². The molecule has 5 nitrogen and oxygen atoms in total. The van der Waals surface area contributed by atoms with Gasteiger partial charge >= 0.3 is 0 Å². The van der Waals surface area contributed by atoms with E-state index in [0.717, 1.165) is 47.1 Å². The quantitative estimate of drug-likeness (QED) is 0.593. The van der Waals surface area contributed by atoms with E-state index in [-0.39, 0.29) is 0 Å². The summed E-state index contributed by atoms with van der Waals surface area (Å²) in [5.74, 6) is 1.84. The van der Waals surface area contributed by atoms with Gasteiger partial charge in [-0.05, 0) is 30.2 Å². The van der Waals surface area contributed by atoms with E-state index in [0.29, 0.717) is 0 Å². The molecule has 0 fully saturated rings. The van der Waals surface area contributed by atoms with E-state index in [1.165, 1.54) is 10.9 Å². The molecule has 5 heteroatoms. The average molecular weight is 315 g/mol. The average Bonchev–Trinajstić information content (AvgIpc) is 3.22. The van der Waals surface area contributed by atoms with Gasteiger partial charge in [-0.2, -0.15) is 0 Å². The van der Waals surface area contributed by atoms with Crippen LogP contribution in [-0.2, 0) is 13.0 Å². The molecule has 0 spiro atoms. The molecule has 0 radical (unpaired) electrons. The first-order chi connectivity index (χ1) is 11.9. The lowest BCUT2D eigenvalue weighted by Crippen LogP contribution is -2.12. The van der Waals surface area contributed by atoms with E-state index >= 15 is 0 Å². The highest BCUT2D eigenvalue weighted by atomic mass is 15.3. The highest BCUT2D eigenvalue weighted by Gasteiger charge is 2.25. The van der Waals surface area contributed by atoms with Gasteiger partial charge in [-0.25, -0.2) is 0 Å². The van der Waals surface area contributed by atoms with Crippen LogP contribution >= 0.6 is 0 Å². The van der Waals surface area contributed by atoms with Crippen LogP contribution in [0.15, 0.2) is 48.5 Å². The van der Waals surface area contributed by atoms with Crippen LogP contribution in [0.2, 0.25) is 0 Å². The molecule has 1 aliphatic heterocycles. The van der Waals surface area contributed by atoms with Gasteiger partial charge < -0.3 is 14.9 Å². The molecule has 118 valence electrons. The van der Waals surface area contributed by atoms with Gasteiger partial charge in [0.1, 0.15) is 0 Å². The Morgan fingerprint density at radius 3 is 2.71 bits per heavy atom. The number of anilines is 1. The van der Waals surface area contributed by atoms with E-state index in [1.54, 1.807) is 0 Å². The maximum atomic E-state index is 4.50. The lowest BCUT2D eigenvalue weighted by Gasteiger charge is -2.17. The summed E-state index contributed by atoms with van der Waals surface area (Å²) in [5.41, 5.74) is 5.76. The van der Waals surface area contributed by atoms with Crippen LogP contribution in [0.4, 0.5) is 5.69 Å². The maximum absolute atomic E-state index is 4.50. The first kappa shape index (κ1) is 13.4. The molecule has 0 amide bonds. The molecule has 4 aromatic rings. The molecule has 2 aromatic carbocycles. The molecule has 0 saturated heterocycles.